The summed E-state index contributed by atoms with van der Waals surface area (Å²) in [7, 11) is 0. The molecular weight excluding hydrogens is 388 g/mol. The zero-order valence-electron chi connectivity index (χ0n) is 14.6. The number of alkyl halides is 8. The maximum absolute atomic E-state index is 14.3. The molecule has 2 rings (SSSR count). The first-order valence-electron chi connectivity index (χ1n) is 8.78. The first-order valence-corrected chi connectivity index (χ1v) is 8.78. The highest BCUT2D eigenvalue weighted by Crippen LogP contribution is 2.44. The third-order valence-electron chi connectivity index (χ3n) is 4.99. The lowest BCUT2D eigenvalue weighted by Crippen LogP contribution is -2.50. The molecule has 5 unspecified atom stereocenters. The molecule has 0 N–H and O–H groups in total. The van der Waals surface area contributed by atoms with E-state index in [2.05, 4.69) is 9.47 Å². The smallest absolute Gasteiger partial charge is 0.317 e. The van der Waals surface area contributed by atoms with E-state index >= 15 is 0 Å². The molecule has 10 heteroatoms. The molecule has 0 aromatic rings. The summed E-state index contributed by atoms with van der Waals surface area (Å²) in [6, 6.07) is 0. The Morgan fingerprint density at radius 2 is 1.41 bits per heavy atom. The zero-order valence-corrected chi connectivity index (χ0v) is 14.6. The van der Waals surface area contributed by atoms with E-state index in [1.807, 2.05) is 0 Å². The predicted molar refractivity (Wildman–Crippen MR) is 80.3 cm³/mol. The second-order valence-electron chi connectivity index (χ2n) is 7.05. The van der Waals surface area contributed by atoms with E-state index in [0.29, 0.717) is 6.42 Å². The Bertz CT molecular complexity index is 498. The Morgan fingerprint density at radius 3 is 1.89 bits per heavy atom. The minimum Gasteiger partial charge on any atom is -0.317 e. The molecule has 0 aromatic heterocycles. The van der Waals surface area contributed by atoms with Crippen LogP contribution in [0.2, 0.25) is 0 Å². The molecule has 2 aliphatic rings. The highest BCUT2D eigenvalue weighted by Gasteiger charge is 2.52. The third kappa shape index (κ3) is 6.04. The maximum atomic E-state index is 14.3. The van der Waals surface area contributed by atoms with Crippen molar-refractivity contribution in [1.82, 2.24) is 0 Å². The summed E-state index contributed by atoms with van der Waals surface area (Å²) in [5.41, 5.74) is 0. The summed E-state index contributed by atoms with van der Waals surface area (Å²) in [5.74, 6) is -1.93. The predicted octanol–water partition coefficient (Wildman–Crippen LogP) is 5.67. The van der Waals surface area contributed by atoms with E-state index in [9.17, 15) is 35.1 Å². The van der Waals surface area contributed by atoms with Gasteiger partial charge in [0, 0.05) is 12.8 Å². The van der Waals surface area contributed by atoms with Gasteiger partial charge in [-0.3, -0.25) is 4.74 Å². The van der Waals surface area contributed by atoms with Gasteiger partial charge in [-0.1, -0.05) is 12.2 Å². The number of halogens is 8. The SMILES string of the molecule is C/C=C/C1CCC(C(F)(F)OC2CC(F)C(OC(F)(F)F)C(F)C2)C(F)C1. The molecule has 2 nitrogen and oxygen atoms in total. The van der Waals surface area contributed by atoms with Gasteiger partial charge >= 0.3 is 12.5 Å². The Morgan fingerprint density at radius 1 is 0.815 bits per heavy atom. The molecule has 0 heterocycles. The first kappa shape index (κ1) is 22.4. The molecule has 0 amide bonds. The average Bonchev–Trinajstić information content (AvgIpc) is 2.50. The average molecular weight is 410 g/mol. The highest BCUT2D eigenvalue weighted by molar-refractivity contribution is 4.95. The molecule has 2 aliphatic carbocycles. The molecule has 0 aliphatic heterocycles. The van der Waals surface area contributed by atoms with Crippen LogP contribution in [0.1, 0.15) is 39.0 Å². The van der Waals surface area contributed by atoms with Gasteiger partial charge in [0.05, 0.1) is 12.0 Å². The van der Waals surface area contributed by atoms with Crippen LogP contribution in [0.15, 0.2) is 12.2 Å². The van der Waals surface area contributed by atoms with Crippen LogP contribution in [0.25, 0.3) is 0 Å². The van der Waals surface area contributed by atoms with Crippen LogP contribution in [0.3, 0.4) is 0 Å². The van der Waals surface area contributed by atoms with Crippen LogP contribution < -0.4 is 0 Å². The minimum absolute atomic E-state index is 0.113. The van der Waals surface area contributed by atoms with Crippen molar-refractivity contribution in [3.05, 3.63) is 12.2 Å². The standard InChI is InChI=1S/C17H22F8O2/c1-2-3-9-4-5-11(12(18)6-9)16(21,22)26-10-7-13(19)15(14(20)8-10)27-17(23,24)25/h2-3,9-15H,4-8H2,1H3/b3-2+. The van der Waals surface area contributed by atoms with Crippen molar-refractivity contribution in [3.63, 3.8) is 0 Å². The normalized spacial score (nSPS) is 39.1. The second-order valence-corrected chi connectivity index (χ2v) is 7.05. The van der Waals surface area contributed by atoms with Crippen molar-refractivity contribution in [2.75, 3.05) is 0 Å². The van der Waals surface area contributed by atoms with Crippen molar-refractivity contribution < 1.29 is 44.6 Å². The molecule has 0 saturated heterocycles. The van der Waals surface area contributed by atoms with Gasteiger partial charge in [-0.05, 0) is 32.1 Å². The van der Waals surface area contributed by atoms with Crippen LogP contribution in [0.5, 0.6) is 0 Å². The largest absolute Gasteiger partial charge is 0.522 e. The Balaban J connectivity index is 1.96. The second kappa shape index (κ2) is 8.63. The molecule has 158 valence electrons. The lowest BCUT2D eigenvalue weighted by atomic mass is 9.79. The molecule has 5 atom stereocenters. The fraction of sp³-hybridized carbons (Fsp3) is 0.882. The van der Waals surface area contributed by atoms with E-state index in [1.165, 1.54) is 0 Å². The molecule has 0 aromatic carbocycles. The summed E-state index contributed by atoms with van der Waals surface area (Å²) in [5, 5.41) is 0. The molecule has 0 radical (unpaired) electrons. The molecule has 0 bridgehead atoms. The highest BCUT2D eigenvalue weighted by atomic mass is 19.4. The summed E-state index contributed by atoms with van der Waals surface area (Å²) in [6.07, 6.45) is -18.4. The van der Waals surface area contributed by atoms with Gasteiger partial charge in [0.2, 0.25) is 0 Å². The molecule has 2 saturated carbocycles. The van der Waals surface area contributed by atoms with E-state index in [1.54, 1.807) is 19.1 Å². The van der Waals surface area contributed by atoms with E-state index < -0.39 is 62.0 Å². The van der Waals surface area contributed by atoms with Gasteiger partial charge in [0.1, 0.15) is 24.6 Å². The van der Waals surface area contributed by atoms with Crippen molar-refractivity contribution in [1.29, 1.82) is 0 Å². The van der Waals surface area contributed by atoms with Crippen molar-refractivity contribution in [2.45, 2.75) is 82.2 Å². The lowest BCUT2D eigenvalue weighted by molar-refractivity contribution is -0.365. The van der Waals surface area contributed by atoms with Gasteiger partial charge in [-0.2, -0.15) is 8.78 Å². The zero-order chi connectivity index (χ0) is 20.4. The molecular formula is C17H22F8O2. The van der Waals surface area contributed by atoms with Crippen LogP contribution >= 0.6 is 0 Å². The molecule has 2 fully saturated rings. The minimum atomic E-state index is -5.25. The van der Waals surface area contributed by atoms with Crippen LogP contribution in [-0.4, -0.2) is 43.2 Å². The van der Waals surface area contributed by atoms with E-state index in [-0.39, 0.29) is 18.8 Å². The van der Waals surface area contributed by atoms with E-state index in [0.717, 1.165) is 0 Å². The van der Waals surface area contributed by atoms with Gasteiger partial charge < -0.3 is 4.74 Å². The third-order valence-corrected chi connectivity index (χ3v) is 4.99. The summed E-state index contributed by atoms with van der Waals surface area (Å²) < 4.78 is 115. The van der Waals surface area contributed by atoms with Crippen molar-refractivity contribution in [3.8, 4) is 0 Å². The summed E-state index contributed by atoms with van der Waals surface area (Å²) in [6.45, 7) is 1.73. The van der Waals surface area contributed by atoms with Crippen LogP contribution in [-0.2, 0) is 9.47 Å². The van der Waals surface area contributed by atoms with Gasteiger partial charge in [-0.15, -0.1) is 13.2 Å². The lowest BCUT2D eigenvalue weighted by Gasteiger charge is -2.39. The Kier molecular flexibility index (Phi) is 7.16. The van der Waals surface area contributed by atoms with Gasteiger partial charge in [0.15, 0.2) is 0 Å². The first-order chi connectivity index (χ1) is 12.4. The fourth-order valence-electron chi connectivity index (χ4n) is 3.77. The quantitative estimate of drug-likeness (QED) is 0.430. The fourth-order valence-corrected chi connectivity index (χ4v) is 3.77. The van der Waals surface area contributed by atoms with Crippen molar-refractivity contribution >= 4 is 0 Å². The summed E-state index contributed by atoms with van der Waals surface area (Å²) in [4.78, 5) is 0. The number of allylic oxidation sites excluding steroid dienone is 2. The van der Waals surface area contributed by atoms with Crippen LogP contribution in [0.4, 0.5) is 35.1 Å². The molecule has 27 heavy (non-hydrogen) atoms. The molecule has 0 spiro atoms. The summed E-state index contributed by atoms with van der Waals surface area (Å²) >= 11 is 0. The number of ether oxygens (including phenoxy) is 2. The topological polar surface area (TPSA) is 18.5 Å². The van der Waals surface area contributed by atoms with Gasteiger partial charge in [-0.25, -0.2) is 13.2 Å². The van der Waals surface area contributed by atoms with Crippen molar-refractivity contribution in [2.24, 2.45) is 11.8 Å². The maximum Gasteiger partial charge on any atom is 0.522 e. The van der Waals surface area contributed by atoms with Crippen LogP contribution in [0, 0.1) is 11.8 Å². The number of rotatable bonds is 5. The Labute approximate surface area is 151 Å². The number of hydrogen-bond donors (Lipinski definition) is 0. The Hall–Kier alpha value is -0.900. The monoisotopic (exact) mass is 410 g/mol. The number of hydrogen-bond acceptors (Lipinski definition) is 2. The van der Waals surface area contributed by atoms with Gasteiger partial charge in [0.25, 0.3) is 0 Å². The van der Waals surface area contributed by atoms with E-state index in [4.69, 9.17) is 0 Å².